The Morgan fingerprint density at radius 1 is 0.595 bits per heavy atom. The van der Waals surface area contributed by atoms with Crippen LogP contribution in [0.5, 0.6) is 0 Å². The van der Waals surface area contributed by atoms with Crippen molar-refractivity contribution in [3.05, 3.63) is 113 Å². The molecule has 3 heterocycles. The molecule has 0 bridgehead atoms. The molecule has 0 atom stereocenters. The van der Waals surface area contributed by atoms with E-state index in [1.165, 1.54) is 27.6 Å². The standard InChI is InChI=1S/C38H21N3O/c1-20-5-3-6-21(2)34(20)26-13-14-27-30-17-29-24-11-9-22(18-39)15-31(24)41-32-16-23(19-40)10-12-28(32)36(37(29)41)38(30)42-33-8-4-7-25(26)35(27)33/h3-17H,1-2H3. The molecule has 194 valence electrons. The Morgan fingerprint density at radius 3 is 2.00 bits per heavy atom. The maximum absolute atomic E-state index is 9.72. The highest BCUT2D eigenvalue weighted by atomic mass is 16.3. The summed E-state index contributed by atoms with van der Waals surface area (Å²) >= 11 is 0. The third-order valence-corrected chi connectivity index (χ3v) is 9.03. The summed E-state index contributed by atoms with van der Waals surface area (Å²) in [6.07, 6.45) is 0. The summed E-state index contributed by atoms with van der Waals surface area (Å²) in [7, 11) is 0. The lowest BCUT2D eigenvalue weighted by molar-refractivity contribution is 0.666. The van der Waals surface area contributed by atoms with E-state index in [4.69, 9.17) is 4.42 Å². The number of hydrogen-bond donors (Lipinski definition) is 0. The molecule has 0 saturated heterocycles. The highest BCUT2D eigenvalue weighted by Gasteiger charge is 2.24. The van der Waals surface area contributed by atoms with Crippen LogP contribution in [-0.4, -0.2) is 4.40 Å². The third-order valence-electron chi connectivity index (χ3n) is 9.03. The number of aromatic nitrogens is 1. The van der Waals surface area contributed by atoms with E-state index in [0.29, 0.717) is 11.1 Å². The quantitative estimate of drug-likeness (QED) is 0.155. The first-order valence-electron chi connectivity index (χ1n) is 14.0. The molecule has 0 saturated carbocycles. The molecule has 0 radical (unpaired) electrons. The van der Waals surface area contributed by atoms with Crippen LogP contribution in [0.1, 0.15) is 22.3 Å². The fourth-order valence-corrected chi connectivity index (χ4v) is 7.28. The summed E-state index contributed by atoms with van der Waals surface area (Å²) in [6.45, 7) is 4.34. The zero-order chi connectivity index (χ0) is 28.3. The van der Waals surface area contributed by atoms with Crippen molar-refractivity contribution in [3.8, 4) is 23.3 Å². The van der Waals surface area contributed by atoms with E-state index in [1.807, 2.05) is 36.4 Å². The molecule has 9 rings (SSSR count). The van der Waals surface area contributed by atoms with Crippen molar-refractivity contribution in [2.45, 2.75) is 13.8 Å². The monoisotopic (exact) mass is 535 g/mol. The van der Waals surface area contributed by atoms with E-state index in [0.717, 1.165) is 65.4 Å². The molecular formula is C38H21N3O. The average Bonchev–Trinajstić information content (AvgIpc) is 3.52. The van der Waals surface area contributed by atoms with Crippen LogP contribution in [0.4, 0.5) is 0 Å². The van der Waals surface area contributed by atoms with Gasteiger partial charge >= 0.3 is 0 Å². The van der Waals surface area contributed by atoms with Crippen molar-refractivity contribution >= 4 is 70.8 Å². The minimum absolute atomic E-state index is 0.594. The van der Waals surface area contributed by atoms with Gasteiger partial charge in [-0.15, -0.1) is 0 Å². The van der Waals surface area contributed by atoms with Gasteiger partial charge in [0.25, 0.3) is 0 Å². The van der Waals surface area contributed by atoms with Gasteiger partial charge < -0.3 is 8.82 Å². The van der Waals surface area contributed by atoms with Gasteiger partial charge in [0.2, 0.25) is 0 Å². The number of benzene rings is 6. The maximum Gasteiger partial charge on any atom is 0.145 e. The molecule has 0 fully saturated rings. The van der Waals surface area contributed by atoms with Crippen molar-refractivity contribution in [1.82, 2.24) is 4.40 Å². The summed E-state index contributed by atoms with van der Waals surface area (Å²) in [6, 6.07) is 35.8. The summed E-state index contributed by atoms with van der Waals surface area (Å²) < 4.78 is 9.08. The Kier molecular flexibility index (Phi) is 4.30. The van der Waals surface area contributed by atoms with Crippen molar-refractivity contribution in [2.75, 3.05) is 0 Å². The summed E-state index contributed by atoms with van der Waals surface area (Å²) in [5.41, 5.74) is 10.8. The average molecular weight is 536 g/mol. The first-order valence-corrected chi connectivity index (χ1v) is 14.0. The normalized spacial score (nSPS) is 12.0. The number of rotatable bonds is 1. The van der Waals surface area contributed by atoms with Gasteiger partial charge in [-0.1, -0.05) is 54.6 Å². The van der Waals surface area contributed by atoms with Crippen LogP contribution >= 0.6 is 0 Å². The van der Waals surface area contributed by atoms with Crippen LogP contribution in [0.25, 0.3) is 81.9 Å². The van der Waals surface area contributed by atoms with Crippen LogP contribution in [0.2, 0.25) is 0 Å². The molecule has 4 heteroatoms. The number of fused-ring (bicyclic) bond motifs is 9. The molecule has 0 aliphatic carbocycles. The Morgan fingerprint density at radius 2 is 1.26 bits per heavy atom. The van der Waals surface area contributed by atoms with Gasteiger partial charge in [-0.25, -0.2) is 0 Å². The Labute approximate surface area is 240 Å². The van der Waals surface area contributed by atoms with Crippen LogP contribution in [0.15, 0.2) is 95.4 Å². The van der Waals surface area contributed by atoms with Gasteiger partial charge in [0.15, 0.2) is 0 Å². The van der Waals surface area contributed by atoms with Gasteiger partial charge in [0, 0.05) is 26.9 Å². The van der Waals surface area contributed by atoms with E-state index in [9.17, 15) is 10.5 Å². The predicted molar refractivity (Wildman–Crippen MR) is 170 cm³/mol. The van der Waals surface area contributed by atoms with Gasteiger partial charge in [0.1, 0.15) is 11.2 Å². The zero-order valence-corrected chi connectivity index (χ0v) is 22.9. The largest absolute Gasteiger partial charge is 0.455 e. The van der Waals surface area contributed by atoms with Crippen molar-refractivity contribution in [1.29, 1.82) is 10.5 Å². The van der Waals surface area contributed by atoms with Gasteiger partial charge in [0.05, 0.1) is 45.2 Å². The number of aryl methyl sites for hydroxylation is 2. The number of nitrogens with zero attached hydrogens (tertiary/aromatic N) is 3. The smallest absolute Gasteiger partial charge is 0.145 e. The molecule has 42 heavy (non-hydrogen) atoms. The minimum atomic E-state index is 0.594. The molecule has 4 nitrogen and oxygen atoms in total. The summed E-state index contributed by atoms with van der Waals surface area (Å²) in [5, 5.41) is 28.1. The Hall–Kier alpha value is -5.84. The first-order chi connectivity index (χ1) is 20.6. The molecule has 0 N–H and O–H groups in total. The summed E-state index contributed by atoms with van der Waals surface area (Å²) in [4.78, 5) is 0. The molecular weight excluding hydrogens is 514 g/mol. The first kappa shape index (κ1) is 22.9. The van der Waals surface area contributed by atoms with Gasteiger partial charge in [-0.2, -0.15) is 10.5 Å². The number of nitriles is 2. The van der Waals surface area contributed by atoms with Gasteiger partial charge in [-0.05, 0) is 83.3 Å². The third kappa shape index (κ3) is 2.74. The Bertz CT molecular complexity index is 2710. The SMILES string of the molecule is Cc1cccc(C)c1-c1ccc2c3cc4c5ccc(C#N)cc5n5c6cc(C#N)ccc6c(c3oc3cccc1c32)c45. The van der Waals surface area contributed by atoms with Crippen LogP contribution in [-0.2, 0) is 0 Å². The molecule has 0 amide bonds. The van der Waals surface area contributed by atoms with E-state index in [2.05, 4.69) is 85.0 Å². The van der Waals surface area contributed by atoms with E-state index < -0.39 is 0 Å². The zero-order valence-electron chi connectivity index (χ0n) is 22.9. The van der Waals surface area contributed by atoms with Crippen LogP contribution in [0.3, 0.4) is 0 Å². The van der Waals surface area contributed by atoms with E-state index >= 15 is 0 Å². The topological polar surface area (TPSA) is 65.1 Å². The molecule has 9 aromatic rings. The van der Waals surface area contributed by atoms with Crippen molar-refractivity contribution in [2.24, 2.45) is 0 Å². The molecule has 3 aromatic heterocycles. The lowest BCUT2D eigenvalue weighted by atomic mass is 9.89. The fraction of sp³-hybridized carbons (Fsp3) is 0.0526. The van der Waals surface area contributed by atoms with E-state index in [-0.39, 0.29) is 0 Å². The highest BCUT2D eigenvalue weighted by molar-refractivity contribution is 6.34. The second kappa shape index (κ2) is 7.88. The van der Waals surface area contributed by atoms with Crippen LogP contribution < -0.4 is 0 Å². The predicted octanol–water partition coefficient (Wildman–Crippen LogP) is 9.92. The molecule has 6 aromatic carbocycles. The minimum Gasteiger partial charge on any atom is -0.455 e. The van der Waals surface area contributed by atoms with Crippen molar-refractivity contribution in [3.63, 3.8) is 0 Å². The lowest BCUT2D eigenvalue weighted by Gasteiger charge is -2.16. The molecule has 0 spiro atoms. The van der Waals surface area contributed by atoms with Crippen molar-refractivity contribution < 1.29 is 4.42 Å². The molecule has 0 aliphatic rings. The maximum atomic E-state index is 9.72. The summed E-state index contributed by atoms with van der Waals surface area (Å²) in [5.74, 6) is 0. The Balaban J connectivity index is 1.53. The second-order valence-electron chi connectivity index (χ2n) is 11.3. The second-order valence-corrected chi connectivity index (χ2v) is 11.3. The molecule has 0 aliphatic heterocycles. The number of hydrogen-bond acceptors (Lipinski definition) is 3. The van der Waals surface area contributed by atoms with Gasteiger partial charge in [-0.3, -0.25) is 0 Å². The lowest BCUT2D eigenvalue weighted by Crippen LogP contribution is -1.91. The molecule has 0 unspecified atom stereocenters. The van der Waals surface area contributed by atoms with E-state index in [1.54, 1.807) is 0 Å². The highest BCUT2D eigenvalue weighted by Crippen LogP contribution is 2.47. The van der Waals surface area contributed by atoms with Crippen LogP contribution in [0, 0.1) is 36.5 Å². The fourth-order valence-electron chi connectivity index (χ4n) is 7.28.